The van der Waals surface area contributed by atoms with Gasteiger partial charge in [-0.2, -0.15) is 5.10 Å². The number of methoxy groups -OCH3 is 1. The lowest BCUT2D eigenvalue weighted by molar-refractivity contribution is 0.103. The van der Waals surface area contributed by atoms with Crippen LogP contribution in [0.25, 0.3) is 0 Å². The number of rotatable bonds is 3. The van der Waals surface area contributed by atoms with Crippen molar-refractivity contribution in [2.24, 2.45) is 7.05 Å². The van der Waals surface area contributed by atoms with E-state index in [2.05, 4.69) is 5.10 Å². The number of carbonyl (C=O) groups excluding carboxylic acids is 1. The molecule has 0 amide bonds. The monoisotopic (exact) mass is 284 g/mol. The molecule has 0 N–H and O–H groups in total. The Morgan fingerprint density at radius 2 is 2.06 bits per heavy atom. The standard InChI is InChI=1S/C12H10Cl2N2O2/c1-16-6-7(5-15-16)12(17)8-3-4-9(18-2)11(14)10(8)13/h3-6H,1-2H3. The van der Waals surface area contributed by atoms with Gasteiger partial charge in [-0.25, -0.2) is 0 Å². The van der Waals surface area contributed by atoms with Crippen LogP contribution in [0.4, 0.5) is 0 Å². The van der Waals surface area contributed by atoms with Gasteiger partial charge in [-0.1, -0.05) is 23.2 Å². The molecule has 0 aliphatic heterocycles. The van der Waals surface area contributed by atoms with Crippen LogP contribution in [0.3, 0.4) is 0 Å². The first-order valence-corrected chi connectivity index (χ1v) is 5.85. The van der Waals surface area contributed by atoms with E-state index in [1.54, 1.807) is 30.1 Å². The number of ether oxygens (including phenoxy) is 1. The van der Waals surface area contributed by atoms with E-state index in [9.17, 15) is 4.79 Å². The van der Waals surface area contributed by atoms with Gasteiger partial charge in [0.25, 0.3) is 0 Å². The van der Waals surface area contributed by atoms with Crippen LogP contribution in [-0.2, 0) is 7.05 Å². The molecule has 0 aliphatic rings. The van der Waals surface area contributed by atoms with Crippen molar-refractivity contribution >= 4 is 29.0 Å². The van der Waals surface area contributed by atoms with E-state index < -0.39 is 0 Å². The largest absolute Gasteiger partial charge is 0.495 e. The average Bonchev–Trinajstić information content (AvgIpc) is 2.78. The molecule has 1 heterocycles. The molecule has 18 heavy (non-hydrogen) atoms. The molecular formula is C12H10Cl2N2O2. The normalized spacial score (nSPS) is 10.4. The van der Waals surface area contributed by atoms with Crippen molar-refractivity contribution in [1.82, 2.24) is 9.78 Å². The maximum Gasteiger partial charge on any atom is 0.197 e. The van der Waals surface area contributed by atoms with Gasteiger partial charge in [-0.15, -0.1) is 0 Å². The highest BCUT2D eigenvalue weighted by molar-refractivity contribution is 6.45. The minimum absolute atomic E-state index is 0.185. The van der Waals surface area contributed by atoms with Crippen LogP contribution in [0.5, 0.6) is 5.75 Å². The predicted octanol–water partition coefficient (Wildman–Crippen LogP) is 2.97. The van der Waals surface area contributed by atoms with Gasteiger partial charge in [0.15, 0.2) is 5.78 Å². The van der Waals surface area contributed by atoms with Crippen LogP contribution < -0.4 is 4.74 Å². The second-order valence-corrected chi connectivity index (χ2v) is 4.43. The molecule has 0 spiro atoms. The zero-order chi connectivity index (χ0) is 13.3. The minimum atomic E-state index is -0.224. The van der Waals surface area contributed by atoms with E-state index in [0.717, 1.165) is 0 Å². The molecule has 1 aromatic carbocycles. The van der Waals surface area contributed by atoms with E-state index in [0.29, 0.717) is 16.9 Å². The molecule has 6 heteroatoms. The fraction of sp³-hybridized carbons (Fsp3) is 0.167. The van der Waals surface area contributed by atoms with E-state index >= 15 is 0 Å². The van der Waals surface area contributed by atoms with Crippen LogP contribution in [0, 0.1) is 0 Å². The molecule has 0 aliphatic carbocycles. The van der Waals surface area contributed by atoms with Crippen LogP contribution >= 0.6 is 23.2 Å². The van der Waals surface area contributed by atoms with E-state index in [-0.39, 0.29) is 15.8 Å². The summed E-state index contributed by atoms with van der Waals surface area (Å²) in [5, 5.41) is 4.36. The molecular weight excluding hydrogens is 275 g/mol. The topological polar surface area (TPSA) is 44.1 Å². The first-order valence-electron chi connectivity index (χ1n) is 5.10. The maximum absolute atomic E-state index is 12.2. The highest BCUT2D eigenvalue weighted by atomic mass is 35.5. The first-order chi connectivity index (χ1) is 8.54. The summed E-state index contributed by atoms with van der Waals surface area (Å²) >= 11 is 12.1. The van der Waals surface area contributed by atoms with Gasteiger partial charge in [0, 0.05) is 18.8 Å². The molecule has 0 saturated carbocycles. The lowest BCUT2D eigenvalue weighted by atomic mass is 10.1. The average molecular weight is 285 g/mol. The number of benzene rings is 1. The number of aryl methyl sites for hydroxylation is 1. The number of hydrogen-bond donors (Lipinski definition) is 0. The quantitative estimate of drug-likeness (QED) is 0.814. The Bertz CT molecular complexity index is 608. The molecule has 0 radical (unpaired) electrons. The van der Waals surface area contributed by atoms with E-state index in [1.165, 1.54) is 13.3 Å². The fourth-order valence-electron chi connectivity index (χ4n) is 1.56. The van der Waals surface area contributed by atoms with Gasteiger partial charge in [-0.05, 0) is 12.1 Å². The molecule has 2 rings (SSSR count). The highest BCUT2D eigenvalue weighted by Crippen LogP contribution is 2.35. The number of hydrogen-bond acceptors (Lipinski definition) is 3. The lowest BCUT2D eigenvalue weighted by Gasteiger charge is -2.08. The Hall–Kier alpha value is -1.52. The van der Waals surface area contributed by atoms with Gasteiger partial charge >= 0.3 is 0 Å². The lowest BCUT2D eigenvalue weighted by Crippen LogP contribution is -2.02. The Kier molecular flexibility index (Phi) is 3.59. The van der Waals surface area contributed by atoms with Gasteiger partial charge in [-0.3, -0.25) is 9.48 Å². The zero-order valence-electron chi connectivity index (χ0n) is 9.78. The second-order valence-electron chi connectivity index (χ2n) is 3.68. The smallest absolute Gasteiger partial charge is 0.197 e. The Morgan fingerprint density at radius 3 is 2.61 bits per heavy atom. The third kappa shape index (κ3) is 2.21. The molecule has 0 atom stereocenters. The summed E-state index contributed by atoms with van der Waals surface area (Å²) in [7, 11) is 3.22. The summed E-state index contributed by atoms with van der Waals surface area (Å²) in [5.74, 6) is 0.210. The maximum atomic E-state index is 12.2. The van der Waals surface area contributed by atoms with Crippen molar-refractivity contribution < 1.29 is 9.53 Å². The van der Waals surface area contributed by atoms with Crippen molar-refractivity contribution in [1.29, 1.82) is 0 Å². The number of carbonyl (C=O) groups is 1. The molecule has 94 valence electrons. The summed E-state index contributed by atoms with van der Waals surface area (Å²) in [6.45, 7) is 0. The number of aromatic nitrogens is 2. The van der Waals surface area contributed by atoms with Crippen molar-refractivity contribution in [3.05, 3.63) is 45.7 Å². The third-order valence-electron chi connectivity index (χ3n) is 2.48. The summed E-state index contributed by atoms with van der Waals surface area (Å²) in [6.07, 6.45) is 3.10. The summed E-state index contributed by atoms with van der Waals surface area (Å²) in [5.41, 5.74) is 0.788. The molecule has 0 bridgehead atoms. The Labute approximate surface area is 114 Å². The number of nitrogens with zero attached hydrogens (tertiary/aromatic N) is 2. The molecule has 0 fully saturated rings. The van der Waals surface area contributed by atoms with E-state index in [4.69, 9.17) is 27.9 Å². The van der Waals surface area contributed by atoms with Gasteiger partial charge in [0.2, 0.25) is 0 Å². The van der Waals surface area contributed by atoms with Crippen LogP contribution in [0.1, 0.15) is 15.9 Å². The molecule has 0 saturated heterocycles. The molecule has 2 aromatic rings. The number of ketones is 1. The van der Waals surface area contributed by atoms with Gasteiger partial charge in [0.05, 0.1) is 23.9 Å². The number of halogens is 2. The fourth-order valence-corrected chi connectivity index (χ4v) is 2.04. The van der Waals surface area contributed by atoms with Crippen molar-refractivity contribution in [2.45, 2.75) is 0 Å². The molecule has 1 aromatic heterocycles. The summed E-state index contributed by atoms with van der Waals surface area (Å²) in [4.78, 5) is 12.2. The molecule has 4 nitrogen and oxygen atoms in total. The third-order valence-corrected chi connectivity index (χ3v) is 3.34. The Balaban J connectivity index is 2.46. The van der Waals surface area contributed by atoms with Crippen molar-refractivity contribution in [3.8, 4) is 5.75 Å². The van der Waals surface area contributed by atoms with E-state index in [1.807, 2.05) is 0 Å². The van der Waals surface area contributed by atoms with Crippen LogP contribution in [0.2, 0.25) is 10.0 Å². The molecule has 0 unspecified atom stereocenters. The summed E-state index contributed by atoms with van der Waals surface area (Å²) in [6, 6.07) is 3.19. The van der Waals surface area contributed by atoms with Crippen molar-refractivity contribution in [2.75, 3.05) is 7.11 Å². The van der Waals surface area contributed by atoms with Crippen LogP contribution in [0.15, 0.2) is 24.5 Å². The highest BCUT2D eigenvalue weighted by Gasteiger charge is 2.18. The summed E-state index contributed by atoms with van der Waals surface area (Å²) < 4.78 is 6.57. The second kappa shape index (κ2) is 5.00. The first kappa shape index (κ1) is 12.9. The predicted molar refractivity (Wildman–Crippen MR) is 69.7 cm³/mol. The van der Waals surface area contributed by atoms with Gasteiger partial charge in [0.1, 0.15) is 10.8 Å². The minimum Gasteiger partial charge on any atom is -0.495 e. The SMILES string of the molecule is COc1ccc(C(=O)c2cnn(C)c2)c(Cl)c1Cl. The van der Waals surface area contributed by atoms with Crippen LogP contribution in [-0.4, -0.2) is 22.7 Å². The zero-order valence-corrected chi connectivity index (χ0v) is 11.3. The van der Waals surface area contributed by atoms with Crippen molar-refractivity contribution in [3.63, 3.8) is 0 Å². The van der Waals surface area contributed by atoms with Gasteiger partial charge < -0.3 is 4.74 Å². The Morgan fingerprint density at radius 1 is 1.33 bits per heavy atom.